The molecule has 0 radical (unpaired) electrons. The minimum atomic E-state index is -0.522. The summed E-state index contributed by atoms with van der Waals surface area (Å²) in [7, 11) is 1.45. The third-order valence-electron chi connectivity index (χ3n) is 3.29. The highest BCUT2D eigenvalue weighted by molar-refractivity contribution is 5.93. The number of non-ortho nitro benzene ring substituents is 1. The summed E-state index contributed by atoms with van der Waals surface area (Å²) < 4.78 is 5.19. The van der Waals surface area contributed by atoms with Gasteiger partial charge >= 0.3 is 0 Å². The largest absolute Gasteiger partial charge is 0.496 e. The second kappa shape index (κ2) is 6.62. The fraction of sp³-hybridized carbons (Fsp3) is 0.200. The van der Waals surface area contributed by atoms with Gasteiger partial charge in [0.2, 0.25) is 0 Å². The molecular formula is C15H14N4O4. The Morgan fingerprint density at radius 2 is 2.22 bits per heavy atom. The van der Waals surface area contributed by atoms with E-state index in [-0.39, 0.29) is 11.4 Å². The van der Waals surface area contributed by atoms with Crippen LogP contribution in [0.15, 0.2) is 30.5 Å². The average Bonchev–Trinajstić information content (AvgIpc) is 3.03. The molecular weight excluding hydrogens is 300 g/mol. The predicted molar refractivity (Wildman–Crippen MR) is 81.0 cm³/mol. The van der Waals surface area contributed by atoms with Crippen LogP contribution < -0.4 is 10.1 Å². The summed E-state index contributed by atoms with van der Waals surface area (Å²) in [6.45, 7) is 1.69. The van der Waals surface area contributed by atoms with Crippen molar-refractivity contribution in [1.29, 1.82) is 5.26 Å². The number of nitro groups is 1. The normalized spacial score (nSPS) is 11.3. The number of hydrogen-bond acceptors (Lipinski definition) is 5. The molecule has 0 spiro atoms. The molecule has 1 atom stereocenters. The lowest BCUT2D eigenvalue weighted by Crippen LogP contribution is -2.27. The summed E-state index contributed by atoms with van der Waals surface area (Å²) in [5.41, 5.74) is 0.976. The van der Waals surface area contributed by atoms with Crippen molar-refractivity contribution in [3.63, 3.8) is 0 Å². The highest BCUT2D eigenvalue weighted by Crippen LogP contribution is 2.29. The van der Waals surface area contributed by atoms with Crippen LogP contribution in [0.3, 0.4) is 0 Å². The Morgan fingerprint density at radius 1 is 1.48 bits per heavy atom. The van der Waals surface area contributed by atoms with E-state index in [0.29, 0.717) is 16.9 Å². The predicted octanol–water partition coefficient (Wildman–Crippen LogP) is 2.29. The minimum Gasteiger partial charge on any atom is -0.496 e. The van der Waals surface area contributed by atoms with Gasteiger partial charge in [0.15, 0.2) is 0 Å². The fourth-order valence-corrected chi connectivity index (χ4v) is 2.12. The number of nitrogens with zero attached hydrogens (tertiary/aromatic N) is 2. The third kappa shape index (κ3) is 3.47. The number of nitro benzene ring substituents is 1. The number of ether oxygens (including phenoxy) is 1. The van der Waals surface area contributed by atoms with Crippen LogP contribution in [-0.2, 0) is 0 Å². The molecule has 23 heavy (non-hydrogen) atoms. The number of aromatic nitrogens is 1. The maximum absolute atomic E-state index is 12.1. The first-order valence-corrected chi connectivity index (χ1v) is 6.68. The number of rotatable bonds is 5. The van der Waals surface area contributed by atoms with E-state index < -0.39 is 16.9 Å². The summed E-state index contributed by atoms with van der Waals surface area (Å²) >= 11 is 0. The number of aromatic amines is 1. The zero-order valence-electron chi connectivity index (χ0n) is 12.5. The first-order valence-electron chi connectivity index (χ1n) is 6.68. The highest BCUT2D eigenvalue weighted by Gasteiger charge is 2.19. The number of amides is 1. The lowest BCUT2D eigenvalue weighted by molar-refractivity contribution is -0.385. The molecule has 8 heteroatoms. The molecule has 2 aromatic rings. The topological polar surface area (TPSA) is 121 Å². The maximum Gasteiger partial charge on any atom is 0.270 e. The first kappa shape index (κ1) is 16.0. The molecule has 2 rings (SSSR count). The van der Waals surface area contributed by atoms with Crippen molar-refractivity contribution in [2.24, 2.45) is 0 Å². The third-order valence-corrected chi connectivity index (χ3v) is 3.29. The highest BCUT2D eigenvalue weighted by atomic mass is 16.6. The Bertz CT molecular complexity index is 791. The van der Waals surface area contributed by atoms with Crippen LogP contribution in [-0.4, -0.2) is 22.9 Å². The van der Waals surface area contributed by atoms with Crippen molar-refractivity contribution >= 4 is 11.6 Å². The van der Waals surface area contributed by atoms with Crippen LogP contribution in [0, 0.1) is 21.4 Å². The van der Waals surface area contributed by atoms with Crippen LogP contribution in [0.1, 0.15) is 34.6 Å². The molecule has 1 aromatic heterocycles. The van der Waals surface area contributed by atoms with Crippen molar-refractivity contribution in [3.8, 4) is 11.8 Å². The molecule has 1 heterocycles. The Kier molecular flexibility index (Phi) is 4.61. The molecule has 0 fully saturated rings. The average molecular weight is 314 g/mol. The van der Waals surface area contributed by atoms with Crippen LogP contribution in [0.2, 0.25) is 0 Å². The molecule has 0 saturated carbocycles. The van der Waals surface area contributed by atoms with Crippen molar-refractivity contribution in [2.45, 2.75) is 13.0 Å². The lowest BCUT2D eigenvalue weighted by Gasteiger charge is -2.16. The van der Waals surface area contributed by atoms with E-state index in [9.17, 15) is 14.9 Å². The number of carbonyl (C=O) groups excluding carboxylic acids is 1. The van der Waals surface area contributed by atoms with Gasteiger partial charge in [0, 0.05) is 23.9 Å². The van der Waals surface area contributed by atoms with Gasteiger partial charge in [-0.15, -0.1) is 0 Å². The molecule has 0 bridgehead atoms. The Hall–Kier alpha value is -3.34. The number of carbonyl (C=O) groups is 1. The molecule has 118 valence electrons. The Morgan fingerprint density at radius 3 is 2.78 bits per heavy atom. The fourth-order valence-electron chi connectivity index (χ4n) is 2.12. The van der Waals surface area contributed by atoms with Gasteiger partial charge in [-0.25, -0.2) is 0 Å². The van der Waals surface area contributed by atoms with Crippen molar-refractivity contribution in [2.75, 3.05) is 7.11 Å². The van der Waals surface area contributed by atoms with Crippen molar-refractivity contribution in [1.82, 2.24) is 10.3 Å². The van der Waals surface area contributed by atoms with E-state index in [4.69, 9.17) is 10.00 Å². The van der Waals surface area contributed by atoms with Crippen molar-refractivity contribution in [3.05, 3.63) is 57.4 Å². The van der Waals surface area contributed by atoms with E-state index in [1.807, 2.05) is 6.07 Å². The van der Waals surface area contributed by atoms with E-state index in [2.05, 4.69) is 10.3 Å². The van der Waals surface area contributed by atoms with Gasteiger partial charge in [-0.05, 0) is 19.1 Å². The summed E-state index contributed by atoms with van der Waals surface area (Å²) in [6, 6.07) is 7.00. The van der Waals surface area contributed by atoms with Crippen LogP contribution in [0.5, 0.6) is 5.75 Å². The first-order chi connectivity index (χ1) is 11.0. The Balaban J connectivity index is 2.24. The lowest BCUT2D eigenvalue weighted by atomic mass is 10.1. The molecule has 1 amide bonds. The zero-order valence-corrected chi connectivity index (χ0v) is 12.5. The van der Waals surface area contributed by atoms with Gasteiger partial charge in [0.05, 0.1) is 23.6 Å². The van der Waals surface area contributed by atoms with Gasteiger partial charge in [0.1, 0.15) is 17.5 Å². The van der Waals surface area contributed by atoms with Gasteiger partial charge in [-0.2, -0.15) is 5.26 Å². The van der Waals surface area contributed by atoms with E-state index in [1.54, 1.807) is 6.92 Å². The molecule has 0 aliphatic carbocycles. The standard InChI is InChI=1S/C15H14N4O4/c1-9(18-15(20)13-5-10(7-16)8-17-13)12-6-11(19(21)22)3-4-14(12)23-2/h3-6,8-9,17H,1-2H3,(H,18,20)/t9-/m1/s1. The van der Waals surface area contributed by atoms with Gasteiger partial charge in [0.25, 0.3) is 11.6 Å². The molecule has 2 N–H and O–H groups in total. The number of methoxy groups -OCH3 is 1. The Labute approximate surface area is 131 Å². The van der Waals surface area contributed by atoms with Crippen LogP contribution in [0.25, 0.3) is 0 Å². The van der Waals surface area contributed by atoms with Crippen molar-refractivity contribution < 1.29 is 14.5 Å². The molecule has 0 aliphatic rings. The van der Waals surface area contributed by atoms with Gasteiger partial charge in [-0.1, -0.05) is 0 Å². The van der Waals surface area contributed by atoms with E-state index >= 15 is 0 Å². The maximum atomic E-state index is 12.1. The summed E-state index contributed by atoms with van der Waals surface area (Å²) in [4.78, 5) is 25.2. The molecule has 1 aromatic carbocycles. The zero-order chi connectivity index (χ0) is 17.0. The quantitative estimate of drug-likeness (QED) is 0.647. The number of H-pyrrole nitrogens is 1. The monoisotopic (exact) mass is 314 g/mol. The number of benzene rings is 1. The van der Waals surface area contributed by atoms with E-state index in [0.717, 1.165) is 0 Å². The number of nitrogens with one attached hydrogen (secondary N) is 2. The number of nitriles is 1. The van der Waals surface area contributed by atoms with Crippen LogP contribution >= 0.6 is 0 Å². The van der Waals surface area contributed by atoms with Gasteiger partial charge < -0.3 is 15.0 Å². The minimum absolute atomic E-state index is 0.0893. The number of hydrogen-bond donors (Lipinski definition) is 2. The summed E-state index contributed by atoms with van der Waals surface area (Å²) in [6.07, 6.45) is 1.42. The van der Waals surface area contributed by atoms with E-state index in [1.165, 1.54) is 37.6 Å². The van der Waals surface area contributed by atoms with Gasteiger partial charge in [-0.3, -0.25) is 14.9 Å². The summed E-state index contributed by atoms with van der Waals surface area (Å²) in [5.74, 6) is 0.0140. The molecule has 0 unspecified atom stereocenters. The summed E-state index contributed by atoms with van der Waals surface area (Å²) in [5, 5.41) is 22.4. The molecule has 8 nitrogen and oxygen atoms in total. The second-order valence-electron chi connectivity index (χ2n) is 4.79. The van der Waals surface area contributed by atoms with Crippen LogP contribution in [0.4, 0.5) is 5.69 Å². The molecule has 0 aliphatic heterocycles. The SMILES string of the molecule is COc1ccc([N+](=O)[O-])cc1[C@@H](C)NC(=O)c1cc(C#N)c[nH]1. The smallest absolute Gasteiger partial charge is 0.270 e. The molecule has 0 saturated heterocycles. The second-order valence-corrected chi connectivity index (χ2v) is 4.79.